The van der Waals surface area contributed by atoms with Crippen molar-refractivity contribution in [2.75, 3.05) is 78.5 Å². The monoisotopic (exact) mass is 278 g/mol. The molecule has 0 amide bonds. The molecule has 3 aliphatic rings. The van der Waals surface area contributed by atoms with Crippen molar-refractivity contribution < 1.29 is 37.5 Å². The topological polar surface area (TPSA) is 63.8 Å². The summed E-state index contributed by atoms with van der Waals surface area (Å²) < 4.78 is 133. The fourth-order valence-electron chi connectivity index (χ4n) is 0.688. The van der Waals surface area contributed by atoms with Gasteiger partial charge in [-0.15, -0.1) is 0 Å². The van der Waals surface area contributed by atoms with E-state index in [1.54, 1.807) is 5.32 Å². The lowest BCUT2D eigenvalue weighted by molar-refractivity contribution is 0.109. The van der Waals surface area contributed by atoms with E-state index in [0.717, 1.165) is 0 Å². The lowest BCUT2D eigenvalue weighted by Crippen LogP contribution is -2.30. The van der Waals surface area contributed by atoms with E-state index in [2.05, 4.69) is 19.5 Å². The van der Waals surface area contributed by atoms with Crippen molar-refractivity contribution in [3.8, 4) is 0 Å². The summed E-state index contributed by atoms with van der Waals surface area (Å²) in [6.07, 6.45) is 0. The average molecular weight is 278 g/mol. The van der Waals surface area contributed by atoms with Gasteiger partial charge in [-0.25, -0.2) is 0 Å². The van der Waals surface area contributed by atoms with E-state index in [1.807, 2.05) is 5.32 Å². The molecule has 3 N–H and O–H groups in total. The normalized spacial score (nSPS) is 64.4. The molecule has 108 valence electrons. The van der Waals surface area contributed by atoms with Crippen molar-refractivity contribution in [2.24, 2.45) is 0 Å². The van der Waals surface area contributed by atoms with Crippen LogP contribution in [0.3, 0.4) is 0 Å². The van der Waals surface area contributed by atoms with Gasteiger partial charge in [-0.1, -0.05) is 0 Å². The number of morpholine rings is 3. The van der Waals surface area contributed by atoms with Gasteiger partial charge in [0.2, 0.25) is 0 Å². The molecule has 0 radical (unpaired) electrons. The SMILES string of the molecule is [2H]C1([2H])CNCC([2H])([2H])O1.[2H]C1([2H])NC([2H])([2H])C([2H])([2H])OC1([2H])[2H].[2H]C1OCC([2H])([2H])NC1([2H])[2H]. The van der Waals surface area contributed by atoms with Gasteiger partial charge in [0.25, 0.3) is 0 Å². The van der Waals surface area contributed by atoms with E-state index < -0.39 is 58.8 Å². The first kappa shape index (κ1) is 4.13. The van der Waals surface area contributed by atoms with Crippen LogP contribution in [-0.4, -0.2) is 78.5 Å². The van der Waals surface area contributed by atoms with Gasteiger partial charge in [0.1, 0.15) is 0 Å². The summed E-state index contributed by atoms with van der Waals surface area (Å²) >= 11 is 0. The molecule has 1 unspecified atom stereocenters. The highest BCUT2D eigenvalue weighted by atomic mass is 16.5. The Morgan fingerprint density at radius 2 is 1.33 bits per heavy atom. The molecule has 0 bridgehead atoms. The zero-order chi connectivity index (χ0) is 27.9. The van der Waals surface area contributed by atoms with Crippen LogP contribution < -0.4 is 16.0 Å². The summed E-state index contributed by atoms with van der Waals surface area (Å²) in [5.74, 6) is 0. The van der Waals surface area contributed by atoms with Crippen LogP contribution in [0.15, 0.2) is 0 Å². The van der Waals surface area contributed by atoms with Gasteiger partial charge in [0.15, 0.2) is 0 Å². The molecule has 0 aliphatic carbocycles. The van der Waals surface area contributed by atoms with Crippen molar-refractivity contribution in [1.82, 2.24) is 16.0 Å². The quantitative estimate of drug-likeness (QED) is 0.518. The van der Waals surface area contributed by atoms with E-state index in [-0.39, 0.29) is 19.7 Å². The Bertz CT molecular complexity index is 670. The second-order valence-electron chi connectivity index (χ2n) is 2.55. The maximum atomic E-state index is 7.11. The lowest BCUT2D eigenvalue weighted by atomic mass is 10.5. The van der Waals surface area contributed by atoms with Gasteiger partial charge < -0.3 is 30.2 Å². The van der Waals surface area contributed by atoms with Gasteiger partial charge in [-0.3, -0.25) is 0 Å². The number of hydrogen-bond acceptors (Lipinski definition) is 6. The van der Waals surface area contributed by atoms with Crippen LogP contribution in [0, 0.1) is 0 Å². The molecule has 3 aliphatic heterocycles. The van der Waals surface area contributed by atoms with Crippen LogP contribution in [0.4, 0.5) is 0 Å². The largest absolute Gasteiger partial charge is 0.379 e. The molecule has 6 nitrogen and oxygen atoms in total. The summed E-state index contributed by atoms with van der Waals surface area (Å²) in [4.78, 5) is 0. The Morgan fingerprint density at radius 3 is 1.83 bits per heavy atom. The molecular weight excluding hydrogens is 234 g/mol. The third kappa shape index (κ3) is 10.9. The number of nitrogens with one attached hydrogen (secondary N) is 3. The smallest absolute Gasteiger partial charge is 0.0591 e. The molecular formula is C12H27N3O3. The second kappa shape index (κ2) is 13.2. The van der Waals surface area contributed by atoms with Crippen molar-refractivity contribution in [1.29, 1.82) is 0 Å². The minimum Gasteiger partial charge on any atom is -0.379 e. The summed E-state index contributed by atoms with van der Waals surface area (Å²) in [5, 5.41) is 6.23. The van der Waals surface area contributed by atoms with Gasteiger partial charge in [-0.05, 0) is 0 Å². The number of ether oxygens (including phenoxy) is 3. The van der Waals surface area contributed by atoms with Crippen LogP contribution in [0.2, 0.25) is 0 Å². The first-order chi connectivity index (χ1) is 15.2. The van der Waals surface area contributed by atoms with Crippen molar-refractivity contribution >= 4 is 0 Å². The first-order valence-corrected chi connectivity index (χ1v) is 4.90. The van der Waals surface area contributed by atoms with Crippen LogP contribution in [0.25, 0.3) is 0 Å². The fraction of sp³-hybridized carbons (Fsp3) is 1.00. The standard InChI is InChI=1S/3C4H9NO/c3*1-3-6-4-2-5-1/h3*5H,1-4H2/i1D2,2D2,3D2,4D2;1D2,2D2,3D;3D2,4D2. The van der Waals surface area contributed by atoms with E-state index in [1.165, 1.54) is 0 Å². The molecule has 1 atom stereocenters. The molecule has 6 heteroatoms. The zero-order valence-corrected chi connectivity index (χ0v) is 9.42. The summed E-state index contributed by atoms with van der Waals surface area (Å²) in [6, 6.07) is 0. The van der Waals surface area contributed by atoms with Gasteiger partial charge >= 0.3 is 0 Å². The maximum Gasteiger partial charge on any atom is 0.0591 e. The Kier molecular flexibility index (Phi) is 3.03. The molecule has 0 spiro atoms. The average Bonchev–Trinajstić information content (AvgIpc) is 2.53. The Morgan fingerprint density at radius 1 is 0.667 bits per heavy atom. The summed E-state index contributed by atoms with van der Waals surface area (Å²) in [6.45, 7) is -20.7. The summed E-state index contributed by atoms with van der Waals surface area (Å²) in [7, 11) is 0. The summed E-state index contributed by atoms with van der Waals surface area (Å²) in [5.41, 5.74) is 0. The molecule has 0 saturated carbocycles. The van der Waals surface area contributed by atoms with Gasteiger partial charge in [0, 0.05) is 50.0 Å². The first-order valence-electron chi connectivity index (χ1n) is 13.5. The molecule has 3 saturated heterocycles. The van der Waals surface area contributed by atoms with Crippen LogP contribution in [-0.2, 0) is 14.2 Å². The molecule has 0 aromatic carbocycles. The molecule has 3 rings (SSSR count). The van der Waals surface area contributed by atoms with Crippen LogP contribution in [0.5, 0.6) is 0 Å². The molecule has 0 aromatic rings. The van der Waals surface area contributed by atoms with Crippen LogP contribution in [0.1, 0.15) is 23.3 Å². The van der Waals surface area contributed by atoms with Gasteiger partial charge in [0.05, 0.1) is 51.8 Å². The van der Waals surface area contributed by atoms with Crippen molar-refractivity contribution in [3.05, 3.63) is 0 Å². The minimum absolute atomic E-state index is 0.0481. The highest BCUT2D eigenvalue weighted by molar-refractivity contribution is 4.50. The lowest BCUT2D eigenvalue weighted by Gasteiger charge is -2.10. The van der Waals surface area contributed by atoms with E-state index in [4.69, 9.17) is 23.3 Å². The molecule has 18 heavy (non-hydrogen) atoms. The van der Waals surface area contributed by atoms with E-state index >= 15 is 0 Å². The van der Waals surface area contributed by atoms with E-state index in [0.29, 0.717) is 0 Å². The van der Waals surface area contributed by atoms with Gasteiger partial charge in [-0.2, -0.15) is 0 Å². The fourth-order valence-corrected chi connectivity index (χ4v) is 0.688. The Hall–Kier alpha value is -0.240. The molecule has 0 aromatic heterocycles. The highest BCUT2D eigenvalue weighted by Gasteiger charge is 1.94. The number of rotatable bonds is 0. The number of hydrogen-bond donors (Lipinski definition) is 3. The van der Waals surface area contributed by atoms with E-state index in [9.17, 15) is 0 Å². The van der Waals surface area contributed by atoms with Crippen LogP contribution >= 0.6 is 0 Å². The van der Waals surface area contributed by atoms with Crippen molar-refractivity contribution in [3.63, 3.8) is 0 Å². The van der Waals surface area contributed by atoms with Crippen molar-refractivity contribution in [2.45, 2.75) is 0 Å². The second-order valence-corrected chi connectivity index (χ2v) is 2.55. The zero-order valence-electron chi connectivity index (χ0n) is 26.4. The molecule has 3 fully saturated rings. The minimum atomic E-state index is -2.93. The highest BCUT2D eigenvalue weighted by Crippen LogP contribution is 1.77. The Labute approximate surface area is 134 Å². The molecule has 3 heterocycles. The third-order valence-electron chi connectivity index (χ3n) is 1.33. The third-order valence-corrected chi connectivity index (χ3v) is 1.33. The predicted molar refractivity (Wildman–Crippen MR) is 71.1 cm³/mol. The maximum absolute atomic E-state index is 7.11. The Balaban J connectivity index is 0.000000267. The predicted octanol–water partition coefficient (Wildman–Crippen LogP) is -1.18.